The molecule has 9 heteroatoms. The molecule has 3 rings (SSSR count). The van der Waals surface area contributed by atoms with Crippen LogP contribution in [0, 0.1) is 6.92 Å². The molecule has 1 unspecified atom stereocenters. The molecule has 1 aliphatic heterocycles. The van der Waals surface area contributed by atoms with Gasteiger partial charge < -0.3 is 14.7 Å². The molecule has 1 heterocycles. The van der Waals surface area contributed by atoms with Crippen molar-refractivity contribution in [1.82, 2.24) is 0 Å². The van der Waals surface area contributed by atoms with Gasteiger partial charge in [0.1, 0.15) is 11.9 Å². The molecule has 148 valence electrons. The molecule has 0 radical (unpaired) electrons. The number of benzene rings is 2. The number of carbonyl (C=O) groups is 2. The van der Waals surface area contributed by atoms with Crippen molar-refractivity contribution in [3.8, 4) is 5.75 Å². The Balaban J connectivity index is 2.00. The zero-order valence-electron chi connectivity index (χ0n) is 15.6. The summed E-state index contributed by atoms with van der Waals surface area (Å²) in [6.07, 6.45) is -0.210. The number of carbonyl (C=O) groups excluding carboxylic acids is 1. The van der Waals surface area contributed by atoms with E-state index in [9.17, 15) is 18.0 Å². The first-order chi connectivity index (χ1) is 13.1. The minimum absolute atomic E-state index is 0.0288. The number of sulfonamides is 1. The lowest BCUT2D eigenvalue weighted by molar-refractivity contribution is -0.117. The van der Waals surface area contributed by atoms with Crippen LogP contribution in [0.25, 0.3) is 0 Å². The van der Waals surface area contributed by atoms with Crippen LogP contribution in [0.1, 0.15) is 29.8 Å². The summed E-state index contributed by atoms with van der Waals surface area (Å²) in [4.78, 5) is 24.5. The van der Waals surface area contributed by atoms with E-state index in [2.05, 4.69) is 4.72 Å². The summed E-state index contributed by atoms with van der Waals surface area (Å²) in [5.74, 6) is -0.946. The van der Waals surface area contributed by atoms with Crippen molar-refractivity contribution in [2.24, 2.45) is 0 Å². The molecule has 0 spiro atoms. The van der Waals surface area contributed by atoms with Crippen LogP contribution in [-0.2, 0) is 14.8 Å². The van der Waals surface area contributed by atoms with Gasteiger partial charge in [-0.2, -0.15) is 0 Å². The van der Waals surface area contributed by atoms with Crippen LogP contribution in [0.5, 0.6) is 5.75 Å². The number of hydrogen-bond donors (Lipinski definition) is 2. The molecule has 0 aromatic heterocycles. The number of carboxylic acids is 1. The Hall–Kier alpha value is -3.07. The van der Waals surface area contributed by atoms with Crippen LogP contribution in [0.4, 0.5) is 11.4 Å². The topological polar surface area (TPSA) is 113 Å². The van der Waals surface area contributed by atoms with E-state index in [1.807, 2.05) is 6.92 Å². The van der Waals surface area contributed by atoms with Crippen molar-refractivity contribution >= 4 is 33.3 Å². The number of aromatic carboxylic acids is 1. The molecular formula is C19H20N2O6S. The standard InChI is InChI=1S/C19H20N2O6S/c1-11-4-5-14(19(23)24)8-16(11)20-28(25,26)15-6-7-18-17(9-15)21(13(3)22)10-12(2)27-18/h4-9,12,20H,10H2,1-3H3,(H,23,24). The fourth-order valence-electron chi connectivity index (χ4n) is 2.95. The van der Waals surface area contributed by atoms with Gasteiger partial charge >= 0.3 is 5.97 Å². The molecule has 0 saturated heterocycles. The Labute approximate surface area is 162 Å². The smallest absolute Gasteiger partial charge is 0.335 e. The van der Waals surface area contributed by atoms with Crippen molar-refractivity contribution in [1.29, 1.82) is 0 Å². The number of rotatable bonds is 4. The minimum Gasteiger partial charge on any atom is -0.487 e. The average molecular weight is 404 g/mol. The summed E-state index contributed by atoms with van der Waals surface area (Å²) < 4.78 is 33.8. The van der Waals surface area contributed by atoms with Gasteiger partial charge in [-0.1, -0.05) is 6.07 Å². The Morgan fingerprint density at radius 1 is 1.21 bits per heavy atom. The lowest BCUT2D eigenvalue weighted by Gasteiger charge is -2.33. The third-order valence-corrected chi connectivity index (χ3v) is 5.77. The molecule has 2 aromatic rings. The van der Waals surface area contributed by atoms with Gasteiger partial charge in [0.15, 0.2) is 0 Å². The Morgan fingerprint density at radius 2 is 1.93 bits per heavy atom. The summed E-state index contributed by atoms with van der Waals surface area (Å²) in [6.45, 7) is 5.22. The molecule has 0 aliphatic carbocycles. The lowest BCUT2D eigenvalue weighted by atomic mass is 10.1. The quantitative estimate of drug-likeness (QED) is 0.810. The van der Waals surface area contributed by atoms with Gasteiger partial charge in [0.05, 0.1) is 28.4 Å². The van der Waals surface area contributed by atoms with Crippen molar-refractivity contribution in [2.45, 2.75) is 31.8 Å². The molecule has 1 aliphatic rings. The van der Waals surface area contributed by atoms with Gasteiger partial charge in [0.2, 0.25) is 5.91 Å². The summed E-state index contributed by atoms with van der Waals surface area (Å²) in [5, 5.41) is 9.12. The molecule has 8 nitrogen and oxygen atoms in total. The van der Waals surface area contributed by atoms with Gasteiger partial charge in [-0.15, -0.1) is 0 Å². The number of anilines is 2. The lowest BCUT2D eigenvalue weighted by Crippen LogP contribution is -2.41. The highest BCUT2D eigenvalue weighted by Crippen LogP contribution is 2.36. The molecule has 0 fully saturated rings. The third kappa shape index (κ3) is 3.79. The average Bonchev–Trinajstić information content (AvgIpc) is 2.61. The molecule has 0 bridgehead atoms. The fraction of sp³-hybridized carbons (Fsp3) is 0.263. The number of fused-ring (bicyclic) bond motifs is 1. The van der Waals surface area contributed by atoms with Crippen LogP contribution in [0.2, 0.25) is 0 Å². The van der Waals surface area contributed by atoms with E-state index in [4.69, 9.17) is 9.84 Å². The number of ether oxygens (including phenoxy) is 1. The van der Waals surface area contributed by atoms with Crippen LogP contribution < -0.4 is 14.4 Å². The second-order valence-electron chi connectivity index (χ2n) is 6.63. The number of aryl methyl sites for hydroxylation is 1. The second-order valence-corrected chi connectivity index (χ2v) is 8.31. The van der Waals surface area contributed by atoms with Crippen molar-refractivity contribution in [3.63, 3.8) is 0 Å². The van der Waals surface area contributed by atoms with E-state index >= 15 is 0 Å². The largest absolute Gasteiger partial charge is 0.487 e. The molecule has 2 aromatic carbocycles. The van der Waals surface area contributed by atoms with E-state index in [0.29, 0.717) is 23.5 Å². The number of nitrogens with one attached hydrogen (secondary N) is 1. The number of nitrogens with zero attached hydrogens (tertiary/aromatic N) is 1. The molecule has 0 saturated carbocycles. The van der Waals surface area contributed by atoms with Crippen LogP contribution in [-0.4, -0.2) is 38.0 Å². The van der Waals surface area contributed by atoms with Crippen molar-refractivity contribution in [2.75, 3.05) is 16.2 Å². The molecule has 1 amide bonds. The maximum atomic E-state index is 12.9. The zero-order chi connectivity index (χ0) is 20.6. The normalized spacial score (nSPS) is 16.1. The van der Waals surface area contributed by atoms with Crippen LogP contribution >= 0.6 is 0 Å². The van der Waals surface area contributed by atoms with Crippen molar-refractivity contribution < 1.29 is 27.9 Å². The first kappa shape index (κ1) is 19.7. The SMILES string of the molecule is CC(=O)N1CC(C)Oc2ccc(S(=O)(=O)Nc3cc(C(=O)O)ccc3C)cc21. The van der Waals surface area contributed by atoms with E-state index in [-0.39, 0.29) is 28.2 Å². The van der Waals surface area contributed by atoms with Crippen LogP contribution in [0.3, 0.4) is 0 Å². The highest BCUT2D eigenvalue weighted by atomic mass is 32.2. The first-order valence-corrected chi connectivity index (χ1v) is 10.0. The van der Waals surface area contributed by atoms with Gasteiger partial charge in [-0.3, -0.25) is 9.52 Å². The molecule has 1 atom stereocenters. The minimum atomic E-state index is -4.01. The third-order valence-electron chi connectivity index (χ3n) is 4.41. The summed E-state index contributed by atoms with van der Waals surface area (Å²) in [5.41, 5.74) is 1.10. The number of hydrogen-bond acceptors (Lipinski definition) is 5. The van der Waals surface area contributed by atoms with E-state index < -0.39 is 16.0 Å². The number of carboxylic acid groups (broad SMARTS) is 1. The predicted molar refractivity (Wildman–Crippen MR) is 104 cm³/mol. The monoisotopic (exact) mass is 404 g/mol. The molecular weight excluding hydrogens is 384 g/mol. The van der Waals surface area contributed by atoms with E-state index in [1.54, 1.807) is 6.92 Å². The second kappa shape index (κ2) is 7.16. The Kier molecular flexibility index (Phi) is 5.03. The van der Waals surface area contributed by atoms with E-state index in [1.165, 1.54) is 48.2 Å². The van der Waals surface area contributed by atoms with E-state index in [0.717, 1.165) is 0 Å². The van der Waals surface area contributed by atoms with Gasteiger partial charge in [-0.05, 0) is 49.7 Å². The van der Waals surface area contributed by atoms with Crippen LogP contribution in [0.15, 0.2) is 41.3 Å². The van der Waals surface area contributed by atoms with Gasteiger partial charge in [-0.25, -0.2) is 13.2 Å². The van der Waals surface area contributed by atoms with Gasteiger partial charge in [0, 0.05) is 6.92 Å². The van der Waals surface area contributed by atoms with Gasteiger partial charge in [0.25, 0.3) is 10.0 Å². The predicted octanol–water partition coefficient (Wildman–Crippen LogP) is 2.63. The van der Waals surface area contributed by atoms with Crippen molar-refractivity contribution in [3.05, 3.63) is 47.5 Å². The Morgan fingerprint density at radius 3 is 2.57 bits per heavy atom. The maximum Gasteiger partial charge on any atom is 0.335 e. The highest BCUT2D eigenvalue weighted by Gasteiger charge is 2.28. The summed E-state index contributed by atoms with van der Waals surface area (Å²) >= 11 is 0. The molecule has 2 N–H and O–H groups in total. The fourth-order valence-corrected chi connectivity index (χ4v) is 4.09. The Bertz CT molecular complexity index is 1060. The molecule has 28 heavy (non-hydrogen) atoms. The number of amides is 1. The summed E-state index contributed by atoms with van der Waals surface area (Å²) in [7, 11) is -4.01. The summed E-state index contributed by atoms with van der Waals surface area (Å²) in [6, 6.07) is 8.46. The highest BCUT2D eigenvalue weighted by molar-refractivity contribution is 7.92. The maximum absolute atomic E-state index is 12.9. The zero-order valence-corrected chi connectivity index (χ0v) is 16.4. The first-order valence-electron chi connectivity index (χ1n) is 8.54.